The summed E-state index contributed by atoms with van der Waals surface area (Å²) >= 11 is 0. The molecule has 4 heteroatoms. The van der Waals surface area contributed by atoms with E-state index < -0.39 is 18.0 Å². The predicted molar refractivity (Wildman–Crippen MR) is 57.8 cm³/mol. The minimum absolute atomic E-state index is 0.293. The first-order valence-electron chi connectivity index (χ1n) is 5.33. The van der Waals surface area contributed by atoms with Crippen molar-refractivity contribution in [3.05, 3.63) is 24.3 Å². The zero-order chi connectivity index (χ0) is 11.5. The summed E-state index contributed by atoms with van der Waals surface area (Å²) in [5.41, 5.74) is 0. The molecule has 0 amide bonds. The Bertz CT molecular complexity index is 388. The van der Waals surface area contributed by atoms with Gasteiger partial charge in [0.15, 0.2) is 11.5 Å². The molecule has 1 heterocycles. The van der Waals surface area contributed by atoms with Gasteiger partial charge in [-0.2, -0.15) is 0 Å². The molecule has 1 N–H and O–H groups in total. The van der Waals surface area contributed by atoms with Gasteiger partial charge in [0.25, 0.3) is 0 Å². The molecule has 4 nitrogen and oxygen atoms in total. The first kappa shape index (κ1) is 10.8. The molecule has 0 fully saturated rings. The van der Waals surface area contributed by atoms with Crippen LogP contribution in [0.1, 0.15) is 13.3 Å². The van der Waals surface area contributed by atoms with Gasteiger partial charge in [0.2, 0.25) is 0 Å². The van der Waals surface area contributed by atoms with Crippen molar-refractivity contribution in [1.29, 1.82) is 0 Å². The van der Waals surface area contributed by atoms with Gasteiger partial charge in [-0.05, 0) is 18.6 Å². The summed E-state index contributed by atoms with van der Waals surface area (Å²) in [6, 6.07) is 7.30. The number of carboxylic acid groups (broad SMARTS) is 1. The zero-order valence-corrected chi connectivity index (χ0v) is 9.05. The fourth-order valence-corrected chi connectivity index (χ4v) is 1.83. The van der Waals surface area contributed by atoms with Crippen molar-refractivity contribution in [3.63, 3.8) is 0 Å². The van der Waals surface area contributed by atoms with Crippen LogP contribution in [0, 0.1) is 5.92 Å². The lowest BCUT2D eigenvalue weighted by atomic mass is 9.99. The number of para-hydroxylation sites is 2. The van der Waals surface area contributed by atoms with Gasteiger partial charge in [-0.15, -0.1) is 0 Å². The van der Waals surface area contributed by atoms with Crippen LogP contribution in [0.2, 0.25) is 0 Å². The number of hydrogen-bond donors (Lipinski definition) is 1. The fraction of sp³-hybridized carbons (Fsp3) is 0.417. The molecule has 1 aromatic carbocycles. The third-order valence-corrected chi connectivity index (χ3v) is 2.74. The molecule has 0 aliphatic carbocycles. The lowest BCUT2D eigenvalue weighted by molar-refractivity contribution is -0.146. The SMILES string of the molecule is CCC(C(=O)O)C1COc2ccccc2O1. The smallest absolute Gasteiger partial charge is 0.310 e. The normalized spacial score (nSPS) is 20.2. The van der Waals surface area contributed by atoms with E-state index in [4.69, 9.17) is 14.6 Å². The largest absolute Gasteiger partial charge is 0.486 e. The van der Waals surface area contributed by atoms with Crippen molar-refractivity contribution in [2.24, 2.45) is 5.92 Å². The zero-order valence-electron chi connectivity index (χ0n) is 9.05. The lowest BCUT2D eigenvalue weighted by Crippen LogP contribution is -2.39. The average molecular weight is 222 g/mol. The number of benzene rings is 1. The number of carboxylic acids is 1. The Kier molecular flexibility index (Phi) is 2.99. The molecule has 0 aromatic heterocycles. The second-order valence-electron chi connectivity index (χ2n) is 3.77. The quantitative estimate of drug-likeness (QED) is 0.849. The Morgan fingerprint density at radius 1 is 1.50 bits per heavy atom. The van der Waals surface area contributed by atoms with Crippen molar-refractivity contribution in [2.45, 2.75) is 19.4 Å². The van der Waals surface area contributed by atoms with Crippen LogP contribution in [0.25, 0.3) is 0 Å². The van der Waals surface area contributed by atoms with E-state index in [2.05, 4.69) is 0 Å². The number of aliphatic carboxylic acids is 1. The number of fused-ring (bicyclic) bond motifs is 1. The van der Waals surface area contributed by atoms with Gasteiger partial charge in [-0.1, -0.05) is 19.1 Å². The summed E-state index contributed by atoms with van der Waals surface area (Å²) in [6.07, 6.45) is 0.128. The molecule has 0 bridgehead atoms. The van der Waals surface area contributed by atoms with E-state index in [0.29, 0.717) is 24.5 Å². The van der Waals surface area contributed by atoms with Crippen LogP contribution in [0.15, 0.2) is 24.3 Å². The Morgan fingerprint density at radius 3 is 2.81 bits per heavy atom. The summed E-state index contributed by atoms with van der Waals surface area (Å²) < 4.78 is 11.1. The summed E-state index contributed by atoms with van der Waals surface area (Å²) in [6.45, 7) is 2.13. The van der Waals surface area contributed by atoms with Gasteiger partial charge in [0, 0.05) is 0 Å². The van der Waals surface area contributed by atoms with Gasteiger partial charge >= 0.3 is 5.97 Å². The van der Waals surface area contributed by atoms with Gasteiger partial charge < -0.3 is 14.6 Å². The van der Waals surface area contributed by atoms with Crippen LogP contribution < -0.4 is 9.47 Å². The van der Waals surface area contributed by atoms with E-state index >= 15 is 0 Å². The summed E-state index contributed by atoms with van der Waals surface area (Å²) in [5.74, 6) is -0.0544. The van der Waals surface area contributed by atoms with Crippen molar-refractivity contribution < 1.29 is 19.4 Å². The molecule has 2 atom stereocenters. The van der Waals surface area contributed by atoms with Gasteiger partial charge in [-0.25, -0.2) is 0 Å². The standard InChI is InChI=1S/C12H14O4/c1-2-8(12(13)14)11-7-15-9-5-3-4-6-10(9)16-11/h3-6,8,11H,2,7H2,1H3,(H,13,14). The van der Waals surface area contributed by atoms with Crippen LogP contribution >= 0.6 is 0 Å². The van der Waals surface area contributed by atoms with E-state index in [0.717, 1.165) is 0 Å². The van der Waals surface area contributed by atoms with E-state index in [9.17, 15) is 4.79 Å². The molecule has 2 rings (SSSR count). The Balaban J connectivity index is 2.15. The van der Waals surface area contributed by atoms with Crippen molar-refractivity contribution in [3.8, 4) is 11.5 Å². The predicted octanol–water partition coefficient (Wildman–Crippen LogP) is 1.94. The maximum absolute atomic E-state index is 11.0. The van der Waals surface area contributed by atoms with Crippen LogP contribution in [-0.2, 0) is 4.79 Å². The van der Waals surface area contributed by atoms with Crippen molar-refractivity contribution >= 4 is 5.97 Å². The average Bonchev–Trinajstić information content (AvgIpc) is 2.29. The highest BCUT2D eigenvalue weighted by atomic mass is 16.6. The molecule has 0 saturated carbocycles. The maximum atomic E-state index is 11.0. The van der Waals surface area contributed by atoms with Crippen molar-refractivity contribution in [1.82, 2.24) is 0 Å². The van der Waals surface area contributed by atoms with E-state index in [-0.39, 0.29) is 0 Å². The minimum Gasteiger partial charge on any atom is -0.486 e. The van der Waals surface area contributed by atoms with Crippen molar-refractivity contribution in [2.75, 3.05) is 6.61 Å². The molecule has 1 aromatic rings. The monoisotopic (exact) mass is 222 g/mol. The molecule has 0 spiro atoms. The van der Waals surface area contributed by atoms with Gasteiger partial charge in [0.05, 0.1) is 5.92 Å². The Morgan fingerprint density at radius 2 is 2.19 bits per heavy atom. The first-order valence-corrected chi connectivity index (χ1v) is 5.33. The molecule has 86 valence electrons. The second-order valence-corrected chi connectivity index (χ2v) is 3.77. The third-order valence-electron chi connectivity index (χ3n) is 2.74. The van der Waals surface area contributed by atoms with Crippen LogP contribution in [-0.4, -0.2) is 23.8 Å². The second kappa shape index (κ2) is 4.43. The lowest BCUT2D eigenvalue weighted by Gasteiger charge is -2.29. The molecule has 16 heavy (non-hydrogen) atoms. The highest BCUT2D eigenvalue weighted by molar-refractivity contribution is 5.70. The van der Waals surface area contributed by atoms with E-state index in [1.165, 1.54) is 0 Å². The summed E-state index contributed by atoms with van der Waals surface area (Å²) in [5, 5.41) is 9.04. The molecule has 1 aliphatic heterocycles. The summed E-state index contributed by atoms with van der Waals surface area (Å²) in [4.78, 5) is 11.0. The molecule has 2 unspecified atom stereocenters. The summed E-state index contributed by atoms with van der Waals surface area (Å²) in [7, 11) is 0. The van der Waals surface area contributed by atoms with Crippen LogP contribution in [0.5, 0.6) is 11.5 Å². The fourth-order valence-electron chi connectivity index (χ4n) is 1.83. The van der Waals surface area contributed by atoms with E-state index in [1.807, 2.05) is 25.1 Å². The van der Waals surface area contributed by atoms with E-state index in [1.54, 1.807) is 6.07 Å². The Labute approximate surface area is 93.8 Å². The maximum Gasteiger partial charge on any atom is 0.310 e. The third kappa shape index (κ3) is 1.96. The molecule has 0 saturated heterocycles. The topological polar surface area (TPSA) is 55.8 Å². The Hall–Kier alpha value is -1.71. The number of carbonyl (C=O) groups is 1. The number of ether oxygens (including phenoxy) is 2. The minimum atomic E-state index is -0.838. The first-order chi connectivity index (χ1) is 7.72. The number of rotatable bonds is 3. The van der Waals surface area contributed by atoms with Crippen LogP contribution in [0.4, 0.5) is 0 Å². The molecule has 1 aliphatic rings. The van der Waals surface area contributed by atoms with Gasteiger partial charge in [-0.3, -0.25) is 4.79 Å². The van der Waals surface area contributed by atoms with Gasteiger partial charge in [0.1, 0.15) is 12.7 Å². The molecular formula is C12H14O4. The highest BCUT2D eigenvalue weighted by Crippen LogP contribution is 2.33. The molecule has 0 radical (unpaired) electrons. The molecular weight excluding hydrogens is 208 g/mol. The number of hydrogen-bond acceptors (Lipinski definition) is 3. The highest BCUT2D eigenvalue weighted by Gasteiger charge is 2.32. The van der Waals surface area contributed by atoms with Crippen LogP contribution in [0.3, 0.4) is 0 Å².